The number of benzene rings is 2. The summed E-state index contributed by atoms with van der Waals surface area (Å²) in [6.45, 7) is -0.201. The number of hydrogen-bond donors (Lipinski definition) is 2. The number of aryl methyl sites for hydroxylation is 1. The number of nitrogens with one attached hydrogen (secondary N) is 1. The summed E-state index contributed by atoms with van der Waals surface area (Å²) < 4.78 is 13.1. The van der Waals surface area contributed by atoms with Gasteiger partial charge >= 0.3 is 5.97 Å². The molecule has 1 aliphatic heterocycles. The fraction of sp³-hybridized carbons (Fsp3) is 0.250. The largest absolute Gasteiger partial charge is 0.481 e. The van der Waals surface area contributed by atoms with Crippen molar-refractivity contribution in [2.45, 2.75) is 25.3 Å². The summed E-state index contributed by atoms with van der Waals surface area (Å²) in [5.74, 6) is -2.17. The van der Waals surface area contributed by atoms with Gasteiger partial charge in [0.25, 0.3) is 0 Å². The Kier molecular flexibility index (Phi) is 5.49. The molecule has 6 nitrogen and oxygen atoms in total. The average Bonchev–Trinajstić information content (AvgIpc) is 2.64. The van der Waals surface area contributed by atoms with Gasteiger partial charge in [-0.3, -0.25) is 14.4 Å². The number of para-hydroxylation sites is 1. The number of amides is 2. The van der Waals surface area contributed by atoms with Crippen molar-refractivity contribution in [3.63, 3.8) is 0 Å². The van der Waals surface area contributed by atoms with E-state index in [1.165, 1.54) is 29.2 Å². The number of anilines is 1. The highest BCUT2D eigenvalue weighted by molar-refractivity contribution is 6.01. The zero-order valence-electron chi connectivity index (χ0n) is 14.5. The topological polar surface area (TPSA) is 86.7 Å². The summed E-state index contributed by atoms with van der Waals surface area (Å²) in [4.78, 5) is 37.4. The van der Waals surface area contributed by atoms with Crippen LogP contribution < -0.4 is 10.2 Å². The van der Waals surface area contributed by atoms with Gasteiger partial charge < -0.3 is 15.3 Å². The van der Waals surface area contributed by atoms with E-state index in [9.17, 15) is 18.8 Å². The Morgan fingerprint density at radius 3 is 2.52 bits per heavy atom. The fourth-order valence-corrected chi connectivity index (χ4v) is 3.18. The second kappa shape index (κ2) is 7.99. The van der Waals surface area contributed by atoms with Crippen LogP contribution in [0.15, 0.2) is 48.5 Å². The van der Waals surface area contributed by atoms with E-state index in [1.54, 1.807) is 12.1 Å². The fourth-order valence-electron chi connectivity index (χ4n) is 3.18. The molecule has 1 aliphatic rings. The van der Waals surface area contributed by atoms with E-state index in [2.05, 4.69) is 5.32 Å². The van der Waals surface area contributed by atoms with Crippen molar-refractivity contribution < 1.29 is 23.9 Å². The van der Waals surface area contributed by atoms with E-state index in [-0.39, 0.29) is 18.9 Å². The van der Waals surface area contributed by atoms with Crippen LogP contribution in [0.5, 0.6) is 0 Å². The maximum absolute atomic E-state index is 13.1. The first-order valence-corrected chi connectivity index (χ1v) is 8.59. The van der Waals surface area contributed by atoms with Gasteiger partial charge in [-0.1, -0.05) is 30.3 Å². The molecule has 0 saturated carbocycles. The predicted molar refractivity (Wildman–Crippen MR) is 96.7 cm³/mol. The molecule has 2 aromatic carbocycles. The number of nitrogens with zero attached hydrogens (tertiary/aromatic N) is 1. The lowest BCUT2D eigenvalue weighted by atomic mass is 10.0. The molecule has 0 saturated heterocycles. The molecule has 0 bridgehead atoms. The quantitative estimate of drug-likeness (QED) is 0.818. The summed E-state index contributed by atoms with van der Waals surface area (Å²) in [6, 6.07) is 11.9. The number of hydrogen-bond acceptors (Lipinski definition) is 3. The van der Waals surface area contributed by atoms with Gasteiger partial charge in [0, 0.05) is 12.1 Å². The zero-order valence-corrected chi connectivity index (χ0v) is 14.5. The number of aliphatic carboxylic acids is 1. The lowest BCUT2D eigenvalue weighted by molar-refractivity contribution is -0.137. The first-order chi connectivity index (χ1) is 12.9. The van der Waals surface area contributed by atoms with Crippen molar-refractivity contribution in [2.24, 2.45) is 0 Å². The van der Waals surface area contributed by atoms with Gasteiger partial charge in [-0.15, -0.1) is 0 Å². The van der Waals surface area contributed by atoms with Crippen molar-refractivity contribution in [3.8, 4) is 0 Å². The molecular weight excluding hydrogens is 351 g/mol. The number of carboxylic acids is 1. The Morgan fingerprint density at radius 2 is 1.81 bits per heavy atom. The number of carboxylic acid groups (broad SMARTS) is 1. The van der Waals surface area contributed by atoms with Crippen molar-refractivity contribution in [1.82, 2.24) is 5.32 Å². The predicted octanol–water partition coefficient (Wildman–Crippen LogP) is 2.44. The monoisotopic (exact) mass is 370 g/mol. The van der Waals surface area contributed by atoms with Crippen LogP contribution in [0.25, 0.3) is 0 Å². The van der Waals surface area contributed by atoms with Gasteiger partial charge in [-0.25, -0.2) is 4.39 Å². The van der Waals surface area contributed by atoms with E-state index < -0.39 is 23.7 Å². The van der Waals surface area contributed by atoms with Crippen LogP contribution in [0.2, 0.25) is 0 Å². The summed E-state index contributed by atoms with van der Waals surface area (Å²) >= 11 is 0. The Labute approximate surface area is 155 Å². The van der Waals surface area contributed by atoms with E-state index >= 15 is 0 Å². The molecule has 1 heterocycles. The minimum absolute atomic E-state index is 0.152. The Balaban J connectivity index is 1.75. The lowest BCUT2D eigenvalue weighted by Crippen LogP contribution is -2.44. The normalized spacial score (nSPS) is 14.4. The van der Waals surface area contributed by atoms with Gasteiger partial charge in [0.2, 0.25) is 11.8 Å². The molecule has 0 aromatic heterocycles. The van der Waals surface area contributed by atoms with Crippen molar-refractivity contribution in [3.05, 3.63) is 65.5 Å². The second-order valence-electron chi connectivity index (χ2n) is 6.38. The smallest absolute Gasteiger partial charge is 0.305 e. The maximum Gasteiger partial charge on any atom is 0.305 e. The molecule has 2 amide bonds. The van der Waals surface area contributed by atoms with Crippen LogP contribution >= 0.6 is 0 Å². The summed E-state index contributed by atoms with van der Waals surface area (Å²) in [6.07, 6.45) is 0.604. The highest BCUT2D eigenvalue weighted by Gasteiger charge is 2.27. The Morgan fingerprint density at radius 1 is 1.11 bits per heavy atom. The van der Waals surface area contributed by atoms with Gasteiger partial charge in [-0.2, -0.15) is 0 Å². The SMILES string of the molecule is O=C(O)CC(NC(=O)CN1C(=O)CCc2ccccc21)c1ccc(F)cc1. The van der Waals surface area contributed by atoms with Crippen LogP contribution in [-0.2, 0) is 20.8 Å². The van der Waals surface area contributed by atoms with Crippen molar-refractivity contribution in [1.29, 1.82) is 0 Å². The molecule has 2 N–H and O–H groups in total. The Hall–Kier alpha value is -3.22. The van der Waals surface area contributed by atoms with Crippen LogP contribution in [0.1, 0.15) is 30.0 Å². The second-order valence-corrected chi connectivity index (χ2v) is 6.38. The molecule has 0 fully saturated rings. The highest BCUT2D eigenvalue weighted by Crippen LogP contribution is 2.27. The molecule has 0 radical (unpaired) electrons. The maximum atomic E-state index is 13.1. The molecule has 0 aliphatic carbocycles. The Bertz CT molecular complexity index is 867. The summed E-state index contributed by atoms with van der Waals surface area (Å²) in [7, 11) is 0. The molecule has 7 heteroatoms. The van der Waals surface area contributed by atoms with Gasteiger partial charge in [0.05, 0.1) is 12.5 Å². The van der Waals surface area contributed by atoms with Crippen LogP contribution in [0, 0.1) is 5.82 Å². The lowest BCUT2D eigenvalue weighted by Gasteiger charge is -2.29. The van der Waals surface area contributed by atoms with Crippen LogP contribution in [0.4, 0.5) is 10.1 Å². The third kappa shape index (κ3) is 4.49. The zero-order chi connectivity index (χ0) is 19.4. The van der Waals surface area contributed by atoms with Gasteiger partial charge in [0.1, 0.15) is 12.4 Å². The highest BCUT2D eigenvalue weighted by atomic mass is 19.1. The van der Waals surface area contributed by atoms with Gasteiger partial charge in [0.15, 0.2) is 0 Å². The molecule has 140 valence electrons. The summed E-state index contributed by atoms with van der Waals surface area (Å²) in [5, 5.41) is 11.8. The number of rotatable bonds is 6. The van der Waals surface area contributed by atoms with E-state index in [1.807, 2.05) is 12.1 Å². The van der Waals surface area contributed by atoms with E-state index in [0.717, 1.165) is 5.56 Å². The standard InChI is InChI=1S/C20H19FN2O4/c21-15-8-5-13(6-9-15)16(11-20(26)27)22-18(24)12-23-17-4-2-1-3-14(17)7-10-19(23)25/h1-6,8-9,16H,7,10-12H2,(H,22,24)(H,26,27). The molecule has 0 spiro atoms. The molecule has 1 atom stereocenters. The number of fused-ring (bicyclic) bond motifs is 1. The molecule has 1 unspecified atom stereocenters. The van der Waals surface area contributed by atoms with Crippen molar-refractivity contribution in [2.75, 3.05) is 11.4 Å². The first kappa shape index (κ1) is 18.6. The van der Waals surface area contributed by atoms with Crippen molar-refractivity contribution >= 4 is 23.5 Å². The number of halogens is 1. The number of carbonyl (C=O) groups excluding carboxylic acids is 2. The molecular formula is C20H19FN2O4. The third-order valence-electron chi connectivity index (χ3n) is 4.48. The van der Waals surface area contributed by atoms with Crippen LogP contribution in [-0.4, -0.2) is 29.4 Å². The first-order valence-electron chi connectivity index (χ1n) is 8.59. The van der Waals surface area contributed by atoms with E-state index in [0.29, 0.717) is 24.1 Å². The van der Waals surface area contributed by atoms with Gasteiger partial charge in [-0.05, 0) is 35.7 Å². The molecule has 27 heavy (non-hydrogen) atoms. The van der Waals surface area contributed by atoms with E-state index in [4.69, 9.17) is 5.11 Å². The van der Waals surface area contributed by atoms with Crippen LogP contribution in [0.3, 0.4) is 0 Å². The minimum atomic E-state index is -1.09. The molecule has 2 aromatic rings. The number of carbonyl (C=O) groups is 3. The summed E-state index contributed by atoms with van der Waals surface area (Å²) in [5.41, 5.74) is 2.17. The molecule has 3 rings (SSSR count). The third-order valence-corrected chi connectivity index (χ3v) is 4.48. The average molecular weight is 370 g/mol. The minimum Gasteiger partial charge on any atom is -0.481 e.